The fraction of sp³-hybridized carbons (Fsp3) is 0.208. The first kappa shape index (κ1) is 23.2. The largest absolute Gasteiger partial charge is 0.477 e. The van der Waals surface area contributed by atoms with Crippen LogP contribution in [0.1, 0.15) is 25.3 Å². The lowest BCUT2D eigenvalue weighted by Crippen LogP contribution is -2.20. The molecule has 3 aromatic carbocycles. The van der Waals surface area contributed by atoms with Crippen LogP contribution in [-0.4, -0.2) is 32.4 Å². The average Bonchev–Trinajstić information content (AvgIpc) is 3.24. The summed E-state index contributed by atoms with van der Waals surface area (Å²) in [4.78, 5) is 24.4. The topological polar surface area (TPSA) is 112 Å². The summed E-state index contributed by atoms with van der Waals surface area (Å²) in [6, 6.07) is 17.2. The zero-order valence-corrected chi connectivity index (χ0v) is 19.2. The number of fused-ring (bicyclic) bond motifs is 1. The van der Waals surface area contributed by atoms with Crippen molar-refractivity contribution in [1.82, 2.24) is 15.0 Å². The van der Waals surface area contributed by atoms with Gasteiger partial charge in [0.25, 0.3) is 5.91 Å². The minimum Gasteiger partial charge on any atom is -0.477 e. The minimum atomic E-state index is -0.569. The van der Waals surface area contributed by atoms with E-state index in [4.69, 9.17) is 16.3 Å². The van der Waals surface area contributed by atoms with Crippen molar-refractivity contribution in [2.45, 2.75) is 26.2 Å². The highest BCUT2D eigenvalue weighted by Crippen LogP contribution is 2.28. The van der Waals surface area contributed by atoms with E-state index in [-0.39, 0.29) is 16.5 Å². The number of amides is 1. The van der Waals surface area contributed by atoms with E-state index in [9.17, 15) is 14.9 Å². The van der Waals surface area contributed by atoms with Gasteiger partial charge >= 0.3 is 5.69 Å². The Morgan fingerprint density at radius 2 is 1.82 bits per heavy atom. The van der Waals surface area contributed by atoms with Crippen LogP contribution in [0.3, 0.4) is 0 Å². The highest BCUT2D eigenvalue weighted by molar-refractivity contribution is 6.34. The van der Waals surface area contributed by atoms with Crippen molar-refractivity contribution in [3.05, 3.63) is 81.4 Å². The lowest BCUT2D eigenvalue weighted by molar-refractivity contribution is -0.385. The van der Waals surface area contributed by atoms with Crippen molar-refractivity contribution in [3.63, 3.8) is 0 Å². The van der Waals surface area contributed by atoms with Crippen LogP contribution in [0.15, 0.2) is 60.7 Å². The number of unbranched alkanes of at least 4 members (excludes halogenated alkanes) is 1. The predicted molar refractivity (Wildman–Crippen MR) is 130 cm³/mol. The van der Waals surface area contributed by atoms with Crippen LogP contribution in [0.5, 0.6) is 5.75 Å². The number of nitrogens with zero attached hydrogens (tertiary/aromatic N) is 4. The van der Waals surface area contributed by atoms with Crippen molar-refractivity contribution in [1.29, 1.82) is 0 Å². The zero-order valence-electron chi connectivity index (χ0n) is 18.4. The number of benzene rings is 3. The van der Waals surface area contributed by atoms with E-state index in [1.807, 2.05) is 12.1 Å². The normalized spacial score (nSPS) is 10.9. The van der Waals surface area contributed by atoms with E-state index < -0.39 is 17.4 Å². The second kappa shape index (κ2) is 10.3. The summed E-state index contributed by atoms with van der Waals surface area (Å²) in [5.41, 5.74) is 3.33. The van der Waals surface area contributed by atoms with Crippen molar-refractivity contribution in [3.8, 4) is 11.4 Å². The van der Waals surface area contributed by atoms with Gasteiger partial charge < -0.3 is 10.1 Å². The van der Waals surface area contributed by atoms with E-state index in [0.29, 0.717) is 16.7 Å². The Morgan fingerprint density at radius 1 is 1.12 bits per heavy atom. The summed E-state index contributed by atoms with van der Waals surface area (Å²) in [6.07, 6.45) is 3.32. The molecule has 1 heterocycles. The van der Waals surface area contributed by atoms with Crippen LogP contribution >= 0.6 is 11.6 Å². The predicted octanol–water partition coefficient (Wildman–Crippen LogP) is 5.34. The standard InChI is InChI=1S/C24H22ClN5O4/c1-2-3-6-16-9-11-17(12-10-16)29-27-20-13-18(25)19(14-21(20)28-29)26-24(31)15-34-23-8-5-4-7-22(23)30(32)33/h4-5,7-14H,2-3,6,15H2,1H3,(H,26,31). The average molecular weight is 480 g/mol. The summed E-state index contributed by atoms with van der Waals surface area (Å²) in [6.45, 7) is 1.74. The van der Waals surface area contributed by atoms with Gasteiger partial charge in [0, 0.05) is 6.07 Å². The SMILES string of the molecule is CCCCc1ccc(-n2nc3cc(Cl)c(NC(=O)COc4ccccc4[N+](=O)[O-])cc3n2)cc1. The van der Waals surface area contributed by atoms with Gasteiger partial charge in [-0.05, 0) is 48.7 Å². The third kappa shape index (κ3) is 5.32. The van der Waals surface area contributed by atoms with Crippen LogP contribution in [-0.2, 0) is 11.2 Å². The first-order valence-corrected chi connectivity index (χ1v) is 11.1. The third-order valence-corrected chi connectivity index (χ3v) is 5.46. The Labute approximate surface area is 200 Å². The molecule has 1 aromatic heterocycles. The van der Waals surface area contributed by atoms with Crippen LogP contribution < -0.4 is 10.1 Å². The molecular weight excluding hydrogens is 458 g/mol. The molecule has 0 atom stereocenters. The maximum Gasteiger partial charge on any atom is 0.310 e. The molecule has 0 saturated carbocycles. The Bertz CT molecular complexity index is 1340. The second-order valence-electron chi connectivity index (χ2n) is 7.64. The monoisotopic (exact) mass is 479 g/mol. The number of nitro benzene ring substituents is 1. The first-order valence-electron chi connectivity index (χ1n) is 10.8. The molecule has 0 aliphatic carbocycles. The molecule has 34 heavy (non-hydrogen) atoms. The molecule has 1 amide bonds. The molecule has 174 valence electrons. The van der Waals surface area contributed by atoms with Gasteiger partial charge in [0.05, 0.1) is 21.3 Å². The molecule has 0 spiro atoms. The van der Waals surface area contributed by atoms with Crippen molar-refractivity contribution >= 4 is 39.9 Å². The number of hydrogen-bond donors (Lipinski definition) is 1. The van der Waals surface area contributed by atoms with Gasteiger partial charge in [-0.15, -0.1) is 10.2 Å². The molecule has 0 aliphatic rings. The molecule has 4 aromatic rings. The number of anilines is 1. The lowest BCUT2D eigenvalue weighted by Gasteiger charge is -2.09. The van der Waals surface area contributed by atoms with Gasteiger partial charge in [-0.25, -0.2) is 0 Å². The molecule has 1 N–H and O–H groups in total. The van der Waals surface area contributed by atoms with Crippen molar-refractivity contribution in [2.24, 2.45) is 0 Å². The Morgan fingerprint density at radius 3 is 2.53 bits per heavy atom. The van der Waals surface area contributed by atoms with Gasteiger partial charge in [0.15, 0.2) is 12.4 Å². The highest BCUT2D eigenvalue weighted by atomic mass is 35.5. The number of nitrogens with one attached hydrogen (secondary N) is 1. The summed E-state index contributed by atoms with van der Waals surface area (Å²) < 4.78 is 5.33. The molecule has 0 bridgehead atoms. The van der Waals surface area contributed by atoms with Crippen LogP contribution in [0, 0.1) is 10.1 Å². The molecule has 0 unspecified atom stereocenters. The van der Waals surface area contributed by atoms with Gasteiger partial charge in [0.1, 0.15) is 11.0 Å². The molecule has 0 radical (unpaired) electrons. The van der Waals surface area contributed by atoms with Gasteiger partial charge in [-0.1, -0.05) is 49.2 Å². The number of carbonyl (C=O) groups is 1. The number of rotatable bonds is 9. The fourth-order valence-electron chi connectivity index (χ4n) is 3.39. The lowest BCUT2D eigenvalue weighted by atomic mass is 10.1. The Hall–Kier alpha value is -3.98. The van der Waals surface area contributed by atoms with Crippen LogP contribution in [0.25, 0.3) is 16.7 Å². The van der Waals surface area contributed by atoms with E-state index >= 15 is 0 Å². The molecule has 10 heteroatoms. The number of carbonyl (C=O) groups excluding carboxylic acids is 1. The summed E-state index contributed by atoms with van der Waals surface area (Å²) in [5.74, 6) is -0.512. The number of hydrogen-bond acceptors (Lipinski definition) is 6. The molecule has 4 rings (SSSR count). The Balaban J connectivity index is 1.47. The van der Waals surface area contributed by atoms with E-state index in [2.05, 4.69) is 34.6 Å². The van der Waals surface area contributed by atoms with Gasteiger partial charge in [0.2, 0.25) is 0 Å². The van der Waals surface area contributed by atoms with Gasteiger partial charge in [-0.3, -0.25) is 14.9 Å². The zero-order chi connectivity index (χ0) is 24.1. The first-order chi connectivity index (χ1) is 16.4. The third-order valence-electron chi connectivity index (χ3n) is 5.15. The quantitative estimate of drug-likeness (QED) is 0.256. The smallest absolute Gasteiger partial charge is 0.310 e. The fourth-order valence-corrected chi connectivity index (χ4v) is 3.59. The number of nitro groups is 1. The molecule has 0 saturated heterocycles. The van der Waals surface area contributed by atoms with Crippen molar-refractivity contribution < 1.29 is 14.5 Å². The summed E-state index contributed by atoms with van der Waals surface area (Å²) in [5, 5.41) is 23.0. The number of halogens is 1. The summed E-state index contributed by atoms with van der Waals surface area (Å²) >= 11 is 6.33. The minimum absolute atomic E-state index is 0.00727. The summed E-state index contributed by atoms with van der Waals surface area (Å²) in [7, 11) is 0. The van der Waals surface area contributed by atoms with Crippen LogP contribution in [0.4, 0.5) is 11.4 Å². The molecular formula is C24H22ClN5O4. The molecule has 0 aliphatic heterocycles. The highest BCUT2D eigenvalue weighted by Gasteiger charge is 2.16. The van der Waals surface area contributed by atoms with Crippen molar-refractivity contribution in [2.75, 3.05) is 11.9 Å². The molecule has 0 fully saturated rings. The van der Waals surface area contributed by atoms with Crippen LogP contribution in [0.2, 0.25) is 5.02 Å². The van der Waals surface area contributed by atoms with E-state index in [1.165, 1.54) is 28.6 Å². The molecule has 9 nitrogen and oxygen atoms in total. The second-order valence-corrected chi connectivity index (χ2v) is 8.05. The number of aryl methyl sites for hydroxylation is 1. The maximum atomic E-state index is 12.4. The maximum absolute atomic E-state index is 12.4. The number of para-hydroxylation sites is 2. The van der Waals surface area contributed by atoms with Gasteiger partial charge in [-0.2, -0.15) is 4.80 Å². The number of aromatic nitrogens is 3. The number of ether oxygens (including phenoxy) is 1. The Kier molecular flexibility index (Phi) is 7.03. The van der Waals surface area contributed by atoms with E-state index in [0.717, 1.165) is 24.9 Å². The van der Waals surface area contributed by atoms with E-state index in [1.54, 1.807) is 18.2 Å².